The molecule has 0 bridgehead atoms. The molecule has 3 aromatic heterocycles. The molecule has 37 heavy (non-hydrogen) atoms. The van der Waals surface area contributed by atoms with E-state index in [1.165, 1.54) is 24.2 Å². The molecule has 1 N–H and O–H groups in total. The van der Waals surface area contributed by atoms with Crippen molar-refractivity contribution in [3.05, 3.63) is 40.8 Å². The third-order valence-corrected chi connectivity index (χ3v) is 9.00. The van der Waals surface area contributed by atoms with Crippen LogP contribution in [-0.4, -0.2) is 85.2 Å². The van der Waals surface area contributed by atoms with Gasteiger partial charge in [0, 0.05) is 57.9 Å². The molecule has 196 valence electrons. The monoisotopic (exact) mass is 524 g/mol. The van der Waals surface area contributed by atoms with E-state index in [9.17, 15) is 4.79 Å². The van der Waals surface area contributed by atoms with Crippen LogP contribution in [0.1, 0.15) is 46.8 Å². The van der Waals surface area contributed by atoms with Crippen LogP contribution < -0.4 is 10.2 Å². The Labute approximate surface area is 220 Å². The summed E-state index contributed by atoms with van der Waals surface area (Å²) in [5.41, 5.74) is 1.90. The number of morpholine rings is 1. The highest BCUT2D eigenvalue weighted by Crippen LogP contribution is 2.44. The Balaban J connectivity index is 1.25. The van der Waals surface area contributed by atoms with E-state index in [0.29, 0.717) is 24.4 Å². The number of thiophene rings is 1. The largest absolute Gasteiger partial charge is 0.378 e. The Kier molecular flexibility index (Phi) is 6.73. The third-order valence-electron chi connectivity index (χ3n) is 7.85. The first-order valence-electron chi connectivity index (χ1n) is 13.1. The minimum atomic E-state index is -0.411. The first-order chi connectivity index (χ1) is 18.0. The smallest absolute Gasteiger partial charge is 0.263 e. The summed E-state index contributed by atoms with van der Waals surface area (Å²) in [6, 6.07) is 3.84. The minimum absolute atomic E-state index is 0.0292. The molecule has 1 atom stereocenters. The lowest BCUT2D eigenvalue weighted by Crippen LogP contribution is -2.58. The fourth-order valence-electron chi connectivity index (χ4n) is 5.87. The minimum Gasteiger partial charge on any atom is -0.378 e. The molecule has 5 heterocycles. The normalized spacial score (nSPS) is 20.8. The Bertz CT molecular complexity index is 1310. The van der Waals surface area contributed by atoms with Crippen molar-refractivity contribution in [1.29, 1.82) is 0 Å². The van der Waals surface area contributed by atoms with Gasteiger partial charge in [0.25, 0.3) is 5.91 Å². The van der Waals surface area contributed by atoms with Crippen molar-refractivity contribution >= 4 is 44.7 Å². The van der Waals surface area contributed by atoms with Gasteiger partial charge in [0.2, 0.25) is 0 Å². The molecule has 0 spiro atoms. The van der Waals surface area contributed by atoms with Gasteiger partial charge in [0.05, 0.1) is 40.7 Å². The van der Waals surface area contributed by atoms with Crippen LogP contribution in [0.15, 0.2) is 24.5 Å². The van der Waals surface area contributed by atoms with E-state index in [4.69, 9.17) is 4.74 Å². The number of pyridine rings is 2. The molecular formula is C27H33FN6O2S. The number of rotatable bonds is 5. The van der Waals surface area contributed by atoms with Gasteiger partial charge in [-0.2, -0.15) is 0 Å². The molecule has 1 aliphatic carbocycles. The maximum absolute atomic E-state index is 15.2. The van der Waals surface area contributed by atoms with Gasteiger partial charge in [-0.3, -0.25) is 9.69 Å². The third kappa shape index (κ3) is 4.78. The van der Waals surface area contributed by atoms with Crippen LogP contribution in [0.3, 0.4) is 0 Å². The summed E-state index contributed by atoms with van der Waals surface area (Å²) in [6.07, 6.45) is 8.04. The summed E-state index contributed by atoms with van der Waals surface area (Å²) >= 11 is 1.50. The van der Waals surface area contributed by atoms with Crippen LogP contribution in [0.5, 0.6) is 0 Å². The van der Waals surface area contributed by atoms with Crippen LogP contribution in [0, 0.1) is 5.82 Å². The van der Waals surface area contributed by atoms with E-state index >= 15 is 4.39 Å². The van der Waals surface area contributed by atoms with Crippen LogP contribution in [0.4, 0.5) is 21.7 Å². The number of hydrogen-bond donors (Lipinski definition) is 1. The van der Waals surface area contributed by atoms with Gasteiger partial charge in [-0.05, 0) is 30.4 Å². The topological polar surface area (TPSA) is 73.8 Å². The number of hydrogen-bond acceptors (Lipinski definition) is 8. The average Bonchev–Trinajstić information content (AvgIpc) is 3.56. The van der Waals surface area contributed by atoms with Crippen molar-refractivity contribution in [3.63, 3.8) is 0 Å². The summed E-state index contributed by atoms with van der Waals surface area (Å²) < 4.78 is 21.8. The molecule has 3 aliphatic rings. The number of amides is 1. The van der Waals surface area contributed by atoms with Gasteiger partial charge in [0.1, 0.15) is 5.82 Å². The van der Waals surface area contributed by atoms with E-state index in [2.05, 4.69) is 25.1 Å². The number of carbonyl (C=O) groups excluding carboxylic acids is 1. The molecule has 1 amide bonds. The van der Waals surface area contributed by atoms with Gasteiger partial charge in [-0.15, -0.1) is 11.3 Å². The predicted molar refractivity (Wildman–Crippen MR) is 145 cm³/mol. The fraction of sp³-hybridized carbons (Fsp3) is 0.519. The number of anilines is 3. The van der Waals surface area contributed by atoms with Gasteiger partial charge >= 0.3 is 0 Å². The maximum Gasteiger partial charge on any atom is 0.263 e. The van der Waals surface area contributed by atoms with Crippen LogP contribution in [0.2, 0.25) is 0 Å². The Morgan fingerprint density at radius 1 is 1.16 bits per heavy atom. The average molecular weight is 525 g/mol. The van der Waals surface area contributed by atoms with E-state index < -0.39 is 5.82 Å². The Hall–Kier alpha value is -2.82. The van der Waals surface area contributed by atoms with Crippen molar-refractivity contribution in [3.8, 4) is 0 Å². The summed E-state index contributed by atoms with van der Waals surface area (Å²) in [6.45, 7) is 5.06. The zero-order valence-corrected chi connectivity index (χ0v) is 22.2. The second kappa shape index (κ2) is 10.2. The van der Waals surface area contributed by atoms with Crippen molar-refractivity contribution < 1.29 is 13.9 Å². The molecule has 2 aliphatic heterocycles. The van der Waals surface area contributed by atoms with Crippen molar-refractivity contribution in [2.24, 2.45) is 0 Å². The molecule has 6 rings (SSSR count). The van der Waals surface area contributed by atoms with E-state index in [1.807, 2.05) is 6.07 Å². The number of piperazine rings is 1. The van der Waals surface area contributed by atoms with Gasteiger partial charge in [-0.1, -0.05) is 12.8 Å². The van der Waals surface area contributed by atoms with E-state index in [0.717, 1.165) is 71.8 Å². The first kappa shape index (κ1) is 24.5. The molecule has 3 aromatic rings. The van der Waals surface area contributed by atoms with Gasteiger partial charge in [0.15, 0.2) is 11.6 Å². The quantitative estimate of drug-likeness (QED) is 0.529. The zero-order chi connectivity index (χ0) is 25.5. The molecule has 1 saturated carbocycles. The number of ether oxygens (including phenoxy) is 1. The van der Waals surface area contributed by atoms with Gasteiger partial charge in [-0.25, -0.2) is 14.4 Å². The van der Waals surface area contributed by atoms with Crippen molar-refractivity contribution in [1.82, 2.24) is 19.8 Å². The molecule has 0 aromatic carbocycles. The number of nitrogens with zero attached hydrogens (tertiary/aromatic N) is 5. The van der Waals surface area contributed by atoms with Crippen molar-refractivity contribution in [2.75, 3.05) is 63.7 Å². The second-order valence-electron chi connectivity index (χ2n) is 10.5. The second-order valence-corrected chi connectivity index (χ2v) is 11.5. The Morgan fingerprint density at radius 3 is 2.78 bits per heavy atom. The summed E-state index contributed by atoms with van der Waals surface area (Å²) in [4.78, 5) is 29.0. The van der Waals surface area contributed by atoms with Crippen molar-refractivity contribution in [2.45, 2.75) is 37.6 Å². The highest BCUT2D eigenvalue weighted by atomic mass is 32.1. The van der Waals surface area contributed by atoms with Gasteiger partial charge < -0.3 is 19.9 Å². The van der Waals surface area contributed by atoms with E-state index in [-0.39, 0.29) is 11.7 Å². The first-order valence-corrected chi connectivity index (χ1v) is 13.9. The number of nitrogens with one attached hydrogen (secondary N) is 1. The Morgan fingerprint density at radius 2 is 2.00 bits per heavy atom. The summed E-state index contributed by atoms with van der Waals surface area (Å²) in [5.74, 6) is 0.665. The molecule has 2 saturated heterocycles. The number of carbonyl (C=O) groups is 1. The SMILES string of the molecule is CN(C)C(=O)c1sc2cnc(Nc3ncc(N4CCN5CCOC[C@@H]5C4)cc3F)cc2c1C1CCCC1. The molecule has 10 heteroatoms. The van der Waals surface area contributed by atoms with Crippen LogP contribution in [0.25, 0.3) is 10.1 Å². The number of fused-ring (bicyclic) bond motifs is 2. The van der Waals surface area contributed by atoms with Crippen LogP contribution in [-0.2, 0) is 4.74 Å². The predicted octanol–water partition coefficient (Wildman–Crippen LogP) is 4.45. The summed E-state index contributed by atoms with van der Waals surface area (Å²) in [5, 5.41) is 4.12. The molecule has 8 nitrogen and oxygen atoms in total. The summed E-state index contributed by atoms with van der Waals surface area (Å²) in [7, 11) is 3.58. The lowest BCUT2D eigenvalue weighted by Gasteiger charge is -2.44. The number of halogens is 1. The molecule has 0 radical (unpaired) electrons. The fourth-order valence-corrected chi connectivity index (χ4v) is 7.13. The highest BCUT2D eigenvalue weighted by Gasteiger charge is 2.31. The molecule has 3 fully saturated rings. The zero-order valence-electron chi connectivity index (χ0n) is 21.4. The highest BCUT2D eigenvalue weighted by molar-refractivity contribution is 7.21. The maximum atomic E-state index is 15.2. The lowest BCUT2D eigenvalue weighted by atomic mass is 9.94. The molecular weight excluding hydrogens is 491 g/mol. The van der Waals surface area contributed by atoms with Crippen LogP contribution >= 0.6 is 11.3 Å². The standard InChI is InChI=1S/C27H33FN6O2S/c1-32(2)27(35)25-24(17-5-3-4-6-17)20-12-23(29-14-22(20)37-25)31-26-21(28)11-18(13-30-26)34-8-7-33-9-10-36-16-19(33)15-34/h11-14,17,19H,3-10,15-16H2,1-2H3,(H,29,30,31)/t19-/m0/s1. The number of aromatic nitrogens is 2. The van der Waals surface area contributed by atoms with E-state index in [1.54, 1.807) is 37.5 Å². The molecule has 0 unspecified atom stereocenters. The lowest BCUT2D eigenvalue weighted by molar-refractivity contribution is -0.0117.